The zero-order valence-electron chi connectivity index (χ0n) is 12.8. The summed E-state index contributed by atoms with van der Waals surface area (Å²) in [5.41, 5.74) is 3.99. The van der Waals surface area contributed by atoms with Gasteiger partial charge < -0.3 is 5.32 Å². The Bertz CT molecular complexity index is 793. The molecule has 24 heavy (non-hydrogen) atoms. The number of carbonyl (C=O) groups excluding carboxylic acids is 2. The predicted molar refractivity (Wildman–Crippen MR) is 93.2 cm³/mol. The highest BCUT2D eigenvalue weighted by molar-refractivity contribution is 9.10. The van der Waals surface area contributed by atoms with E-state index in [2.05, 4.69) is 31.8 Å². The number of hydrogen-bond donors (Lipinski definition) is 2. The molecule has 0 heterocycles. The van der Waals surface area contributed by atoms with Crippen molar-refractivity contribution in [1.29, 1.82) is 0 Å². The molecule has 7 heteroatoms. The van der Waals surface area contributed by atoms with Gasteiger partial charge in [0.05, 0.1) is 12.3 Å². The lowest BCUT2D eigenvalue weighted by Crippen LogP contribution is -2.35. The van der Waals surface area contributed by atoms with Crippen molar-refractivity contribution in [2.24, 2.45) is 5.10 Å². The first-order valence-corrected chi connectivity index (χ1v) is 7.88. The van der Waals surface area contributed by atoms with Crippen molar-refractivity contribution < 1.29 is 14.0 Å². The van der Waals surface area contributed by atoms with Crippen LogP contribution in [0.15, 0.2) is 58.1 Å². The molecule has 2 N–H and O–H groups in total. The minimum atomic E-state index is -0.530. The van der Waals surface area contributed by atoms with E-state index < -0.39 is 17.6 Å². The summed E-state index contributed by atoms with van der Waals surface area (Å²) in [7, 11) is 0. The lowest BCUT2D eigenvalue weighted by molar-refractivity contribution is -0.120. The van der Waals surface area contributed by atoms with Crippen molar-refractivity contribution in [2.45, 2.75) is 6.92 Å². The van der Waals surface area contributed by atoms with Crippen LogP contribution in [0.5, 0.6) is 0 Å². The molecule has 0 spiro atoms. The molecule has 0 saturated heterocycles. The van der Waals surface area contributed by atoms with Crippen LogP contribution in [0.2, 0.25) is 0 Å². The van der Waals surface area contributed by atoms with E-state index in [0.29, 0.717) is 5.71 Å². The van der Waals surface area contributed by atoms with Crippen molar-refractivity contribution in [2.75, 3.05) is 6.54 Å². The number of hydrogen-bond acceptors (Lipinski definition) is 3. The van der Waals surface area contributed by atoms with E-state index in [-0.39, 0.29) is 12.1 Å². The Balaban J connectivity index is 1.87. The summed E-state index contributed by atoms with van der Waals surface area (Å²) >= 11 is 3.36. The first kappa shape index (κ1) is 17.8. The van der Waals surface area contributed by atoms with Gasteiger partial charge >= 0.3 is 0 Å². The normalized spacial score (nSPS) is 11.0. The van der Waals surface area contributed by atoms with Crippen molar-refractivity contribution in [3.05, 3.63) is 69.9 Å². The Morgan fingerprint density at radius 3 is 2.54 bits per heavy atom. The number of amides is 2. The highest BCUT2D eigenvalue weighted by Gasteiger charge is 2.08. The van der Waals surface area contributed by atoms with Crippen LogP contribution >= 0.6 is 15.9 Å². The van der Waals surface area contributed by atoms with E-state index >= 15 is 0 Å². The molecule has 2 aromatic rings. The molecule has 0 saturated carbocycles. The topological polar surface area (TPSA) is 70.6 Å². The Kier molecular flexibility index (Phi) is 6.20. The summed E-state index contributed by atoms with van der Waals surface area (Å²) in [5, 5.41) is 6.39. The highest BCUT2D eigenvalue weighted by Crippen LogP contribution is 2.12. The molecular weight excluding hydrogens is 377 g/mol. The summed E-state index contributed by atoms with van der Waals surface area (Å²) in [4.78, 5) is 23.5. The van der Waals surface area contributed by atoms with Gasteiger partial charge in [-0.05, 0) is 42.8 Å². The third-order valence-electron chi connectivity index (χ3n) is 3.09. The number of nitrogens with one attached hydrogen (secondary N) is 2. The molecule has 0 aliphatic heterocycles. The molecule has 0 atom stereocenters. The molecule has 0 aliphatic rings. The summed E-state index contributed by atoms with van der Waals surface area (Å²) in [6, 6.07) is 12.7. The third-order valence-corrected chi connectivity index (χ3v) is 3.58. The second-order valence-corrected chi connectivity index (χ2v) is 5.85. The van der Waals surface area contributed by atoms with Gasteiger partial charge in [-0.25, -0.2) is 9.82 Å². The van der Waals surface area contributed by atoms with E-state index in [4.69, 9.17) is 0 Å². The molecule has 0 aromatic heterocycles. The molecule has 2 rings (SSSR count). The van der Waals surface area contributed by atoms with Gasteiger partial charge in [-0.1, -0.05) is 34.1 Å². The average molecular weight is 392 g/mol. The molecular formula is C17H15BrFN3O2. The minimum Gasteiger partial charge on any atom is -0.343 e. The van der Waals surface area contributed by atoms with Crippen molar-refractivity contribution >= 4 is 33.5 Å². The van der Waals surface area contributed by atoms with Crippen LogP contribution in [0.1, 0.15) is 22.8 Å². The van der Waals surface area contributed by atoms with E-state index in [1.54, 1.807) is 6.92 Å². The van der Waals surface area contributed by atoms with E-state index in [0.717, 1.165) is 16.1 Å². The maximum atomic E-state index is 13.0. The van der Waals surface area contributed by atoms with E-state index in [1.807, 2.05) is 24.3 Å². The summed E-state index contributed by atoms with van der Waals surface area (Å²) in [6.45, 7) is 1.50. The van der Waals surface area contributed by atoms with Crippen LogP contribution in [0.3, 0.4) is 0 Å². The quantitative estimate of drug-likeness (QED) is 0.607. The van der Waals surface area contributed by atoms with Gasteiger partial charge in [0, 0.05) is 10.0 Å². The zero-order chi connectivity index (χ0) is 17.5. The molecule has 0 bridgehead atoms. The Morgan fingerprint density at radius 1 is 1.12 bits per heavy atom. The van der Waals surface area contributed by atoms with Crippen LogP contribution in [0.4, 0.5) is 4.39 Å². The van der Waals surface area contributed by atoms with Gasteiger partial charge in [0.25, 0.3) is 11.8 Å². The SMILES string of the molecule is C/C(=N\NC(=O)CNC(=O)c1cccc(F)c1)c1cccc(Br)c1. The highest BCUT2D eigenvalue weighted by atomic mass is 79.9. The monoisotopic (exact) mass is 391 g/mol. The Hall–Kier alpha value is -2.54. The molecule has 2 amide bonds. The average Bonchev–Trinajstić information content (AvgIpc) is 2.57. The van der Waals surface area contributed by atoms with Gasteiger partial charge in [-0.15, -0.1) is 0 Å². The number of benzene rings is 2. The van der Waals surface area contributed by atoms with Crippen LogP contribution in [-0.2, 0) is 4.79 Å². The fourth-order valence-electron chi connectivity index (χ4n) is 1.86. The molecule has 0 unspecified atom stereocenters. The van der Waals surface area contributed by atoms with E-state index in [1.165, 1.54) is 18.2 Å². The number of nitrogens with zero attached hydrogens (tertiary/aromatic N) is 1. The number of halogens is 2. The number of hydrazone groups is 1. The van der Waals surface area contributed by atoms with Crippen molar-refractivity contribution in [3.8, 4) is 0 Å². The maximum absolute atomic E-state index is 13.0. The van der Waals surface area contributed by atoms with Crippen LogP contribution in [0, 0.1) is 5.82 Å². The summed E-state index contributed by atoms with van der Waals surface area (Å²) in [5.74, 6) is -1.52. The van der Waals surface area contributed by atoms with Gasteiger partial charge in [-0.2, -0.15) is 5.10 Å². The maximum Gasteiger partial charge on any atom is 0.259 e. The largest absolute Gasteiger partial charge is 0.343 e. The minimum absolute atomic E-state index is 0.150. The smallest absolute Gasteiger partial charge is 0.259 e. The second-order valence-electron chi connectivity index (χ2n) is 4.94. The molecule has 5 nitrogen and oxygen atoms in total. The summed E-state index contributed by atoms with van der Waals surface area (Å²) in [6.07, 6.45) is 0. The van der Waals surface area contributed by atoms with Crippen molar-refractivity contribution in [1.82, 2.24) is 10.7 Å². The molecule has 124 valence electrons. The standard InChI is InChI=1S/C17H15BrFN3O2/c1-11(12-4-2-6-14(18)8-12)21-22-16(23)10-20-17(24)13-5-3-7-15(19)9-13/h2-9H,10H2,1H3,(H,20,24)(H,22,23)/b21-11+. The molecule has 0 aliphatic carbocycles. The van der Waals surface area contributed by atoms with Gasteiger partial charge in [0.2, 0.25) is 0 Å². The second kappa shape index (κ2) is 8.35. The third kappa shape index (κ3) is 5.27. The van der Waals surface area contributed by atoms with Gasteiger partial charge in [0.1, 0.15) is 5.82 Å². The molecule has 0 radical (unpaired) electrons. The number of carbonyl (C=O) groups is 2. The van der Waals surface area contributed by atoms with Crippen molar-refractivity contribution in [3.63, 3.8) is 0 Å². The van der Waals surface area contributed by atoms with Crippen LogP contribution < -0.4 is 10.7 Å². The molecule has 2 aromatic carbocycles. The zero-order valence-corrected chi connectivity index (χ0v) is 14.4. The fourth-order valence-corrected chi connectivity index (χ4v) is 2.26. The lowest BCUT2D eigenvalue weighted by Gasteiger charge is -2.06. The Morgan fingerprint density at radius 2 is 1.83 bits per heavy atom. The van der Waals surface area contributed by atoms with Gasteiger partial charge in [-0.3, -0.25) is 9.59 Å². The summed E-state index contributed by atoms with van der Waals surface area (Å²) < 4.78 is 14.0. The number of rotatable bonds is 5. The predicted octanol–water partition coefficient (Wildman–Crippen LogP) is 2.86. The first-order valence-electron chi connectivity index (χ1n) is 7.08. The van der Waals surface area contributed by atoms with Crippen LogP contribution in [-0.4, -0.2) is 24.1 Å². The lowest BCUT2D eigenvalue weighted by atomic mass is 10.1. The Labute approximate surface area is 147 Å². The molecule has 0 fully saturated rings. The van der Waals surface area contributed by atoms with Crippen LogP contribution in [0.25, 0.3) is 0 Å². The van der Waals surface area contributed by atoms with E-state index in [9.17, 15) is 14.0 Å². The van der Waals surface area contributed by atoms with Gasteiger partial charge in [0.15, 0.2) is 0 Å². The fraction of sp³-hybridized carbons (Fsp3) is 0.118. The first-order chi connectivity index (χ1) is 11.5.